The summed E-state index contributed by atoms with van der Waals surface area (Å²) in [7, 11) is -3.47. The average molecular weight is 375 g/mol. The van der Waals surface area contributed by atoms with Crippen molar-refractivity contribution in [1.82, 2.24) is 4.98 Å². The minimum Gasteiger partial charge on any atom is -0.397 e. The highest BCUT2D eigenvalue weighted by Gasteiger charge is 2.36. The first-order valence-electron chi connectivity index (χ1n) is 7.88. The van der Waals surface area contributed by atoms with Gasteiger partial charge in [0.05, 0.1) is 29.2 Å². The van der Waals surface area contributed by atoms with Crippen molar-refractivity contribution in [2.75, 3.05) is 12.3 Å². The van der Waals surface area contributed by atoms with Gasteiger partial charge >= 0.3 is 7.60 Å². The molecule has 5 nitrogen and oxygen atoms in total. The molecule has 1 aromatic heterocycles. The summed E-state index contributed by atoms with van der Waals surface area (Å²) in [4.78, 5) is 4.33. The molecule has 0 aliphatic carbocycles. The molecule has 2 heterocycles. The van der Waals surface area contributed by atoms with Crippen LogP contribution >= 0.6 is 19.2 Å². The number of rotatable bonds is 2. The van der Waals surface area contributed by atoms with Gasteiger partial charge in [0.25, 0.3) is 0 Å². The molecular weight excluding hydrogens is 359 g/mol. The number of nitrogens with two attached hydrogens (primary N) is 1. The largest absolute Gasteiger partial charge is 0.397 e. The molecule has 0 spiro atoms. The first kappa shape index (κ1) is 16.6. The standard InChI is InChI=1S/C18H16ClN2O3P/c19-14-5-1-3-12(9-14)17-7-8-23-25(22,24-17)15-10-13-4-2-6-16(20)18(13)21-11-15/h1-6,9-11,17H,7-8,20H2/t17-,25?/m0/s1. The van der Waals surface area contributed by atoms with Crippen LogP contribution in [0.4, 0.5) is 5.69 Å². The summed E-state index contributed by atoms with van der Waals surface area (Å²) in [5, 5.41) is 1.84. The molecule has 1 fully saturated rings. The van der Waals surface area contributed by atoms with Gasteiger partial charge in [0.1, 0.15) is 0 Å². The fourth-order valence-electron chi connectivity index (χ4n) is 2.92. The highest BCUT2D eigenvalue weighted by Crippen LogP contribution is 2.55. The summed E-state index contributed by atoms with van der Waals surface area (Å²) >= 11 is 6.05. The van der Waals surface area contributed by atoms with Crippen molar-refractivity contribution >= 4 is 41.1 Å². The lowest BCUT2D eigenvalue weighted by Crippen LogP contribution is -2.20. The highest BCUT2D eigenvalue weighted by molar-refractivity contribution is 7.62. The van der Waals surface area contributed by atoms with Crippen LogP contribution in [-0.2, 0) is 13.6 Å². The lowest BCUT2D eigenvalue weighted by Gasteiger charge is -2.30. The molecular formula is C18H16ClN2O3P. The van der Waals surface area contributed by atoms with Crippen LogP contribution in [0.1, 0.15) is 18.1 Å². The average Bonchev–Trinajstić information content (AvgIpc) is 2.62. The maximum absolute atomic E-state index is 13.3. The van der Waals surface area contributed by atoms with Crippen molar-refractivity contribution in [2.45, 2.75) is 12.5 Å². The lowest BCUT2D eigenvalue weighted by atomic mass is 10.1. The number of benzene rings is 2. The minimum atomic E-state index is -3.47. The van der Waals surface area contributed by atoms with E-state index in [1.807, 2.05) is 30.3 Å². The Morgan fingerprint density at radius 2 is 2.04 bits per heavy atom. The van der Waals surface area contributed by atoms with Crippen LogP contribution in [0.5, 0.6) is 0 Å². The van der Waals surface area contributed by atoms with E-state index < -0.39 is 7.60 Å². The molecule has 7 heteroatoms. The topological polar surface area (TPSA) is 74.4 Å². The van der Waals surface area contributed by atoms with Crippen LogP contribution in [0.25, 0.3) is 10.9 Å². The molecule has 0 radical (unpaired) electrons. The number of fused-ring (bicyclic) bond motifs is 1. The summed E-state index contributed by atoms with van der Waals surface area (Å²) in [5.41, 5.74) is 8.05. The quantitative estimate of drug-likeness (QED) is 0.529. The first-order chi connectivity index (χ1) is 12.0. The van der Waals surface area contributed by atoms with Crippen LogP contribution in [0.3, 0.4) is 0 Å². The second-order valence-corrected chi connectivity index (χ2v) is 8.30. The summed E-state index contributed by atoms with van der Waals surface area (Å²) in [6.45, 7) is 0.337. The van der Waals surface area contributed by atoms with Gasteiger partial charge in [-0.25, -0.2) is 0 Å². The monoisotopic (exact) mass is 374 g/mol. The smallest absolute Gasteiger partial charge is 0.363 e. The molecule has 0 bridgehead atoms. The molecule has 0 amide bonds. The number of nitrogens with zero attached hydrogens (tertiary/aromatic N) is 1. The van der Waals surface area contributed by atoms with E-state index in [1.165, 1.54) is 6.20 Å². The van der Waals surface area contributed by atoms with Gasteiger partial charge in [-0.2, -0.15) is 0 Å². The van der Waals surface area contributed by atoms with Gasteiger partial charge < -0.3 is 10.3 Å². The molecule has 4 rings (SSSR count). The zero-order valence-corrected chi connectivity index (χ0v) is 14.9. The Hall–Kier alpha value is -1.91. The van der Waals surface area contributed by atoms with Gasteiger partial charge in [0, 0.05) is 23.0 Å². The molecule has 1 unspecified atom stereocenters. The third-order valence-electron chi connectivity index (χ3n) is 4.17. The second kappa shape index (κ2) is 6.43. The summed E-state index contributed by atoms with van der Waals surface area (Å²) in [5.74, 6) is 0. The Balaban J connectivity index is 1.70. The normalized spacial score (nSPS) is 23.6. The maximum atomic E-state index is 13.3. The molecule has 128 valence electrons. The van der Waals surface area contributed by atoms with E-state index in [9.17, 15) is 4.57 Å². The van der Waals surface area contributed by atoms with Crippen molar-refractivity contribution in [3.05, 3.63) is 65.3 Å². The predicted octanol–water partition coefficient (Wildman–Crippen LogP) is 4.47. The Kier molecular flexibility index (Phi) is 4.26. The van der Waals surface area contributed by atoms with Crippen molar-refractivity contribution in [3.8, 4) is 0 Å². The summed E-state index contributed by atoms with van der Waals surface area (Å²) in [6, 6.07) is 14.6. The Morgan fingerprint density at radius 3 is 2.88 bits per heavy atom. The number of hydrogen-bond donors (Lipinski definition) is 1. The second-order valence-electron chi connectivity index (χ2n) is 5.88. The van der Waals surface area contributed by atoms with Gasteiger partial charge in [-0.05, 0) is 29.8 Å². The third kappa shape index (κ3) is 3.16. The fourth-order valence-corrected chi connectivity index (χ4v) is 4.86. The van der Waals surface area contributed by atoms with E-state index >= 15 is 0 Å². The van der Waals surface area contributed by atoms with Crippen LogP contribution in [0.2, 0.25) is 5.02 Å². The van der Waals surface area contributed by atoms with E-state index in [1.54, 1.807) is 18.2 Å². The molecule has 3 aromatic rings. The van der Waals surface area contributed by atoms with Gasteiger partial charge in [0.15, 0.2) is 0 Å². The number of anilines is 1. The third-order valence-corrected chi connectivity index (χ3v) is 6.34. The van der Waals surface area contributed by atoms with E-state index in [0.717, 1.165) is 10.9 Å². The van der Waals surface area contributed by atoms with Gasteiger partial charge in [0.2, 0.25) is 0 Å². The molecule has 0 saturated carbocycles. The van der Waals surface area contributed by atoms with Crippen LogP contribution in [0.15, 0.2) is 54.7 Å². The molecule has 1 aliphatic heterocycles. The predicted molar refractivity (Wildman–Crippen MR) is 99.2 cm³/mol. The van der Waals surface area contributed by atoms with E-state index in [2.05, 4.69) is 4.98 Å². The van der Waals surface area contributed by atoms with Gasteiger partial charge in [-0.15, -0.1) is 0 Å². The summed E-state index contributed by atoms with van der Waals surface area (Å²) < 4.78 is 24.7. The number of para-hydroxylation sites is 1. The Morgan fingerprint density at radius 1 is 1.20 bits per heavy atom. The van der Waals surface area contributed by atoms with E-state index in [4.69, 9.17) is 26.4 Å². The van der Waals surface area contributed by atoms with Gasteiger partial charge in [-0.1, -0.05) is 35.9 Å². The molecule has 2 atom stereocenters. The van der Waals surface area contributed by atoms with Crippen molar-refractivity contribution in [2.24, 2.45) is 0 Å². The summed E-state index contributed by atoms with van der Waals surface area (Å²) in [6.07, 6.45) is 1.79. The zero-order valence-electron chi connectivity index (χ0n) is 13.3. The molecule has 25 heavy (non-hydrogen) atoms. The fraction of sp³-hybridized carbons (Fsp3) is 0.167. The minimum absolute atomic E-state index is 0.337. The van der Waals surface area contributed by atoms with Crippen molar-refractivity contribution < 1.29 is 13.6 Å². The van der Waals surface area contributed by atoms with Crippen LogP contribution in [0, 0.1) is 0 Å². The lowest BCUT2D eigenvalue weighted by molar-refractivity contribution is 0.0875. The number of aromatic nitrogens is 1. The molecule has 2 aromatic carbocycles. The number of nitrogen functional groups attached to an aromatic ring is 1. The number of halogens is 1. The Labute approximate surface area is 150 Å². The SMILES string of the molecule is Nc1cccc2cc(P3(=O)OCC[C@@H](c4cccc(Cl)c4)O3)cnc12. The van der Waals surface area contributed by atoms with Crippen molar-refractivity contribution in [1.29, 1.82) is 0 Å². The zero-order chi connectivity index (χ0) is 17.4. The van der Waals surface area contributed by atoms with Crippen LogP contribution < -0.4 is 11.0 Å². The maximum Gasteiger partial charge on any atom is 0.363 e. The Bertz CT molecular complexity index is 995. The highest BCUT2D eigenvalue weighted by atomic mass is 35.5. The molecule has 1 aliphatic rings. The van der Waals surface area contributed by atoms with E-state index in [-0.39, 0.29) is 6.10 Å². The van der Waals surface area contributed by atoms with E-state index in [0.29, 0.717) is 34.6 Å². The number of hydrogen-bond acceptors (Lipinski definition) is 5. The number of pyridine rings is 1. The first-order valence-corrected chi connectivity index (χ1v) is 9.80. The van der Waals surface area contributed by atoms with Gasteiger partial charge in [-0.3, -0.25) is 14.1 Å². The molecule has 1 saturated heterocycles. The van der Waals surface area contributed by atoms with Crippen LogP contribution in [-0.4, -0.2) is 11.6 Å². The van der Waals surface area contributed by atoms with Crippen molar-refractivity contribution in [3.63, 3.8) is 0 Å². The molecule has 2 N–H and O–H groups in total.